The van der Waals surface area contributed by atoms with E-state index in [4.69, 9.17) is 34.8 Å². The minimum Gasteiger partial charge on any atom is -0.291 e. The molecule has 0 heterocycles. The number of Topliss-reactive ketones (excluding diaryl/α,β-unsaturated/α-hetero) is 1. The van der Waals surface area contributed by atoms with Gasteiger partial charge in [-0.2, -0.15) is 0 Å². The number of carbonyl (C=O) groups is 1. The number of rotatable bonds is 4. The quantitative estimate of drug-likeness (QED) is 0.627. The summed E-state index contributed by atoms with van der Waals surface area (Å²) in [6.45, 7) is 1.52. The number of alkyl halides is 1. The summed E-state index contributed by atoms with van der Waals surface area (Å²) in [7, 11) is -3.76. The zero-order valence-corrected chi connectivity index (χ0v) is 12.8. The molecule has 18 heavy (non-hydrogen) atoms. The highest BCUT2D eigenvalue weighted by Crippen LogP contribution is 2.33. The molecule has 0 fully saturated rings. The van der Waals surface area contributed by atoms with E-state index in [0.717, 1.165) is 6.26 Å². The normalized spacial score (nSPS) is 15.2. The molecule has 1 aromatic rings. The van der Waals surface area contributed by atoms with Crippen molar-refractivity contribution in [1.82, 2.24) is 0 Å². The molecule has 1 rings (SSSR count). The van der Waals surface area contributed by atoms with E-state index in [1.54, 1.807) is 0 Å². The summed E-state index contributed by atoms with van der Waals surface area (Å²) in [6.07, 6.45) is 0.871. The van der Waals surface area contributed by atoms with Crippen molar-refractivity contribution in [2.45, 2.75) is 17.6 Å². The van der Waals surface area contributed by atoms with Gasteiger partial charge in [0.25, 0.3) is 0 Å². The predicted octanol–water partition coefficient (Wildman–Crippen LogP) is 3.57. The van der Waals surface area contributed by atoms with Crippen LogP contribution in [0, 0.1) is 0 Å². The van der Waals surface area contributed by atoms with Gasteiger partial charge in [-0.1, -0.05) is 41.7 Å². The lowest BCUT2D eigenvalue weighted by Crippen LogP contribution is -2.40. The fourth-order valence-electron chi connectivity index (χ4n) is 1.47. The van der Waals surface area contributed by atoms with Crippen molar-refractivity contribution in [2.24, 2.45) is 0 Å². The van der Waals surface area contributed by atoms with Crippen LogP contribution < -0.4 is 0 Å². The lowest BCUT2D eigenvalue weighted by molar-refractivity contribution is 0.0971. The molecule has 0 aromatic heterocycles. The Morgan fingerprint density at radius 3 is 2.28 bits per heavy atom. The SMILES string of the molecule is CC[C@@](Cl)(C(=O)c1ccc(Cl)cc1Cl)S(C)(=O)=O. The van der Waals surface area contributed by atoms with Crippen LogP contribution in [0.5, 0.6) is 0 Å². The smallest absolute Gasteiger partial charge is 0.207 e. The van der Waals surface area contributed by atoms with Gasteiger partial charge in [0.15, 0.2) is 9.84 Å². The average molecular weight is 330 g/mol. The summed E-state index contributed by atoms with van der Waals surface area (Å²) >= 11 is 17.6. The number of hydrogen-bond donors (Lipinski definition) is 0. The molecule has 1 atom stereocenters. The lowest BCUT2D eigenvalue weighted by Gasteiger charge is -2.22. The third-order valence-corrected chi connectivity index (χ3v) is 6.03. The Morgan fingerprint density at radius 2 is 1.89 bits per heavy atom. The van der Waals surface area contributed by atoms with E-state index in [2.05, 4.69) is 0 Å². The Morgan fingerprint density at radius 1 is 1.33 bits per heavy atom. The van der Waals surface area contributed by atoms with Crippen molar-refractivity contribution < 1.29 is 13.2 Å². The molecule has 0 spiro atoms. The Kier molecular flexibility index (Phi) is 4.70. The predicted molar refractivity (Wildman–Crippen MR) is 74.5 cm³/mol. The molecule has 0 radical (unpaired) electrons. The first kappa shape index (κ1) is 15.8. The molecular formula is C11H11Cl3O3S. The van der Waals surface area contributed by atoms with E-state index in [1.165, 1.54) is 25.1 Å². The zero-order valence-electron chi connectivity index (χ0n) is 9.71. The highest BCUT2D eigenvalue weighted by molar-refractivity contribution is 7.94. The van der Waals surface area contributed by atoms with Crippen molar-refractivity contribution in [1.29, 1.82) is 0 Å². The molecule has 7 heteroatoms. The average Bonchev–Trinajstić information content (AvgIpc) is 2.25. The summed E-state index contributed by atoms with van der Waals surface area (Å²) < 4.78 is 21.3. The van der Waals surface area contributed by atoms with Gasteiger partial charge in [0, 0.05) is 16.8 Å². The molecule has 3 nitrogen and oxygen atoms in total. The van der Waals surface area contributed by atoms with Gasteiger partial charge in [-0.25, -0.2) is 8.42 Å². The maximum Gasteiger partial charge on any atom is 0.207 e. The molecule has 0 saturated carbocycles. The summed E-state index contributed by atoms with van der Waals surface area (Å²) in [4.78, 5) is 12.2. The lowest BCUT2D eigenvalue weighted by atomic mass is 10.1. The van der Waals surface area contributed by atoms with Crippen LogP contribution in [0.4, 0.5) is 0 Å². The first-order chi connectivity index (χ1) is 8.13. The molecule has 0 aliphatic carbocycles. The summed E-state index contributed by atoms with van der Waals surface area (Å²) in [5, 5.41) is 0.433. The molecule has 0 aliphatic heterocycles. The molecule has 0 N–H and O–H groups in total. The largest absolute Gasteiger partial charge is 0.291 e. The van der Waals surface area contributed by atoms with Gasteiger partial charge in [0.1, 0.15) is 0 Å². The van der Waals surface area contributed by atoms with Gasteiger partial charge in [-0.05, 0) is 24.6 Å². The third-order valence-electron chi connectivity index (χ3n) is 2.56. The minimum absolute atomic E-state index is 0.0448. The van der Waals surface area contributed by atoms with Gasteiger partial charge in [-0.15, -0.1) is 0 Å². The Balaban J connectivity index is 3.37. The molecule has 0 bridgehead atoms. The van der Waals surface area contributed by atoms with E-state index in [-0.39, 0.29) is 17.0 Å². The topological polar surface area (TPSA) is 51.2 Å². The van der Waals surface area contributed by atoms with Crippen LogP contribution in [0.15, 0.2) is 18.2 Å². The molecule has 0 saturated heterocycles. The van der Waals surface area contributed by atoms with E-state index >= 15 is 0 Å². The maximum absolute atomic E-state index is 12.2. The second kappa shape index (κ2) is 5.37. The van der Waals surface area contributed by atoms with Crippen molar-refractivity contribution in [3.8, 4) is 0 Å². The number of ketones is 1. The summed E-state index contributed by atoms with van der Waals surface area (Å²) in [5.74, 6) is -0.740. The van der Waals surface area contributed by atoms with Gasteiger partial charge in [0.2, 0.25) is 9.99 Å². The van der Waals surface area contributed by atoms with Gasteiger partial charge >= 0.3 is 0 Å². The second-order valence-electron chi connectivity index (χ2n) is 3.81. The van der Waals surface area contributed by atoms with Crippen molar-refractivity contribution in [2.75, 3.05) is 6.26 Å². The van der Waals surface area contributed by atoms with E-state index < -0.39 is 19.8 Å². The Labute approximate surface area is 121 Å². The minimum atomic E-state index is -3.76. The van der Waals surface area contributed by atoms with Crippen molar-refractivity contribution in [3.63, 3.8) is 0 Å². The van der Waals surface area contributed by atoms with Crippen LogP contribution in [0.2, 0.25) is 10.0 Å². The van der Waals surface area contributed by atoms with Crippen LogP contribution in [-0.2, 0) is 9.84 Å². The molecule has 1 aromatic carbocycles. The number of sulfone groups is 1. The van der Waals surface area contributed by atoms with Crippen LogP contribution in [-0.4, -0.2) is 24.7 Å². The molecular weight excluding hydrogens is 319 g/mol. The molecule has 100 valence electrons. The van der Waals surface area contributed by atoms with Gasteiger partial charge in [0.05, 0.1) is 5.02 Å². The highest BCUT2D eigenvalue weighted by atomic mass is 35.5. The van der Waals surface area contributed by atoms with Crippen LogP contribution in [0.1, 0.15) is 23.7 Å². The van der Waals surface area contributed by atoms with Crippen LogP contribution in [0.3, 0.4) is 0 Å². The van der Waals surface area contributed by atoms with Crippen LogP contribution >= 0.6 is 34.8 Å². The second-order valence-corrected chi connectivity index (χ2v) is 7.76. The highest BCUT2D eigenvalue weighted by Gasteiger charge is 2.45. The Bertz CT molecular complexity index is 583. The first-order valence-electron chi connectivity index (χ1n) is 5.02. The number of carbonyl (C=O) groups excluding carboxylic acids is 1. The van der Waals surface area contributed by atoms with Crippen molar-refractivity contribution >= 4 is 50.4 Å². The fourth-order valence-corrected chi connectivity index (χ4v) is 3.03. The molecule has 0 aliphatic rings. The number of hydrogen-bond acceptors (Lipinski definition) is 3. The van der Waals surface area contributed by atoms with E-state index in [1.807, 2.05) is 0 Å². The maximum atomic E-state index is 12.2. The standard InChI is InChI=1S/C11H11Cl3O3S/c1-3-11(14,18(2,16)17)10(15)8-5-4-7(12)6-9(8)13/h4-6H,3H2,1-2H3/t11-/m0/s1. The van der Waals surface area contributed by atoms with Gasteiger partial charge < -0.3 is 0 Å². The first-order valence-corrected chi connectivity index (χ1v) is 8.04. The van der Waals surface area contributed by atoms with E-state index in [0.29, 0.717) is 5.02 Å². The van der Waals surface area contributed by atoms with Crippen molar-refractivity contribution in [3.05, 3.63) is 33.8 Å². The number of benzene rings is 1. The zero-order chi connectivity index (χ0) is 14.1. The van der Waals surface area contributed by atoms with Crippen LogP contribution in [0.25, 0.3) is 0 Å². The van der Waals surface area contributed by atoms with E-state index in [9.17, 15) is 13.2 Å². The number of halogens is 3. The molecule has 0 amide bonds. The molecule has 0 unspecified atom stereocenters. The fraction of sp³-hybridized carbons (Fsp3) is 0.364. The summed E-state index contributed by atoms with van der Waals surface area (Å²) in [6, 6.07) is 4.19. The monoisotopic (exact) mass is 328 g/mol. The third kappa shape index (κ3) is 2.82. The van der Waals surface area contributed by atoms with Gasteiger partial charge in [-0.3, -0.25) is 4.79 Å². The Hall–Kier alpha value is -0.290. The summed E-state index contributed by atoms with van der Waals surface area (Å²) in [5.41, 5.74) is 0.0448.